The summed E-state index contributed by atoms with van der Waals surface area (Å²) >= 11 is 0. The summed E-state index contributed by atoms with van der Waals surface area (Å²) in [5.41, 5.74) is 0.253. The highest BCUT2D eigenvalue weighted by molar-refractivity contribution is 5.49. The third-order valence-corrected chi connectivity index (χ3v) is 4.46. The van der Waals surface area contributed by atoms with Crippen LogP contribution in [0.15, 0.2) is 67.5 Å². The molecule has 2 aromatic carbocycles. The van der Waals surface area contributed by atoms with Crippen LogP contribution in [0.4, 0.5) is 0 Å². The van der Waals surface area contributed by atoms with Crippen LogP contribution in [0.5, 0.6) is 11.5 Å². The number of benzene rings is 2. The third kappa shape index (κ3) is 2.68. The summed E-state index contributed by atoms with van der Waals surface area (Å²) in [5, 5.41) is 11.7. The van der Waals surface area contributed by atoms with Crippen LogP contribution in [-0.2, 0) is 12.0 Å². The average molecular weight is 334 g/mol. The minimum absolute atomic E-state index is 0.198. The first kappa shape index (κ1) is 15.5. The van der Waals surface area contributed by atoms with Crippen LogP contribution < -0.4 is 9.47 Å². The summed E-state index contributed by atoms with van der Waals surface area (Å²) in [5.74, 6) is 2.05. The van der Waals surface area contributed by atoms with Gasteiger partial charge in [-0.1, -0.05) is 43.0 Å². The maximum atomic E-state index is 11.7. The Balaban J connectivity index is 1.83. The molecule has 3 aromatic rings. The highest BCUT2D eigenvalue weighted by Gasteiger charge is 2.34. The molecule has 1 atom stereocenters. The van der Waals surface area contributed by atoms with Crippen molar-refractivity contribution in [3.05, 3.63) is 84.5 Å². The van der Waals surface area contributed by atoms with E-state index in [2.05, 4.69) is 11.6 Å². The Labute approximate surface area is 145 Å². The van der Waals surface area contributed by atoms with Crippen molar-refractivity contribution >= 4 is 6.20 Å². The van der Waals surface area contributed by atoms with E-state index in [-0.39, 0.29) is 6.79 Å². The van der Waals surface area contributed by atoms with Gasteiger partial charge in [0.2, 0.25) is 6.79 Å². The molecule has 0 saturated heterocycles. The maximum Gasteiger partial charge on any atom is 0.231 e. The molecule has 0 spiro atoms. The lowest BCUT2D eigenvalue weighted by Crippen LogP contribution is -2.31. The molecule has 0 aliphatic carbocycles. The summed E-state index contributed by atoms with van der Waals surface area (Å²) in [7, 11) is 0. The SMILES string of the molecule is C=Cn1ccnc1C[C@](O)(c1ccccc1)c1ccc2c(c1)OCO2. The fraction of sp³-hybridized carbons (Fsp3) is 0.150. The number of rotatable bonds is 5. The molecule has 126 valence electrons. The predicted octanol–water partition coefficient (Wildman–Crippen LogP) is 3.19. The summed E-state index contributed by atoms with van der Waals surface area (Å²) in [6, 6.07) is 15.1. The first-order valence-corrected chi connectivity index (χ1v) is 8.03. The highest BCUT2D eigenvalue weighted by Crippen LogP contribution is 2.39. The molecule has 0 unspecified atom stereocenters. The predicted molar refractivity (Wildman–Crippen MR) is 94.3 cm³/mol. The zero-order chi connectivity index (χ0) is 17.3. The smallest absolute Gasteiger partial charge is 0.231 e. The normalized spacial score (nSPS) is 14.9. The molecular weight excluding hydrogens is 316 g/mol. The van der Waals surface area contributed by atoms with Gasteiger partial charge in [0.1, 0.15) is 11.4 Å². The van der Waals surface area contributed by atoms with Gasteiger partial charge in [-0.3, -0.25) is 0 Å². The second-order valence-electron chi connectivity index (χ2n) is 5.90. The molecular formula is C20H18N2O3. The molecule has 2 heterocycles. The van der Waals surface area contributed by atoms with Crippen molar-refractivity contribution < 1.29 is 14.6 Å². The van der Waals surface area contributed by atoms with Crippen molar-refractivity contribution in [2.24, 2.45) is 0 Å². The Morgan fingerprint density at radius 2 is 1.92 bits per heavy atom. The van der Waals surface area contributed by atoms with Gasteiger partial charge in [0.25, 0.3) is 0 Å². The van der Waals surface area contributed by atoms with Crippen molar-refractivity contribution in [3.8, 4) is 11.5 Å². The van der Waals surface area contributed by atoms with E-state index < -0.39 is 5.60 Å². The molecule has 0 saturated carbocycles. The van der Waals surface area contributed by atoms with Crippen molar-refractivity contribution in [1.29, 1.82) is 0 Å². The van der Waals surface area contributed by atoms with Gasteiger partial charge in [0, 0.05) is 25.0 Å². The number of aromatic nitrogens is 2. The number of nitrogens with zero attached hydrogens (tertiary/aromatic N) is 2. The van der Waals surface area contributed by atoms with Gasteiger partial charge in [-0.15, -0.1) is 0 Å². The Kier molecular flexibility index (Phi) is 3.78. The molecule has 0 fully saturated rings. The average Bonchev–Trinajstić information content (AvgIpc) is 3.30. The van der Waals surface area contributed by atoms with Crippen molar-refractivity contribution in [2.75, 3.05) is 6.79 Å². The number of imidazole rings is 1. The van der Waals surface area contributed by atoms with Crippen molar-refractivity contribution in [3.63, 3.8) is 0 Å². The number of ether oxygens (including phenoxy) is 2. The van der Waals surface area contributed by atoms with Crippen molar-refractivity contribution in [1.82, 2.24) is 9.55 Å². The summed E-state index contributed by atoms with van der Waals surface area (Å²) in [4.78, 5) is 4.37. The van der Waals surface area contributed by atoms with Gasteiger partial charge in [-0.05, 0) is 23.3 Å². The van der Waals surface area contributed by atoms with Gasteiger partial charge in [0.05, 0.1) is 0 Å². The van der Waals surface area contributed by atoms with Crippen LogP contribution in [0.1, 0.15) is 17.0 Å². The molecule has 5 heteroatoms. The maximum absolute atomic E-state index is 11.7. The van der Waals surface area contributed by atoms with E-state index in [1.54, 1.807) is 17.0 Å². The van der Waals surface area contributed by atoms with E-state index in [0.29, 0.717) is 17.9 Å². The Morgan fingerprint density at radius 3 is 2.72 bits per heavy atom. The van der Waals surface area contributed by atoms with Gasteiger partial charge in [0.15, 0.2) is 11.5 Å². The molecule has 25 heavy (non-hydrogen) atoms. The molecule has 1 N–H and O–H groups in total. The minimum Gasteiger partial charge on any atom is -0.454 e. The molecule has 0 bridgehead atoms. The zero-order valence-corrected chi connectivity index (χ0v) is 13.6. The van der Waals surface area contributed by atoms with Crippen molar-refractivity contribution in [2.45, 2.75) is 12.0 Å². The Bertz CT molecular complexity index is 904. The standard InChI is InChI=1S/C20H18N2O3/c1-2-22-11-10-21-19(22)13-20(23,15-6-4-3-5-7-15)16-8-9-17-18(12-16)25-14-24-17/h2-12,23H,1,13-14H2/t20-/m0/s1. The molecule has 5 nitrogen and oxygen atoms in total. The number of aliphatic hydroxyl groups is 1. The monoisotopic (exact) mass is 334 g/mol. The second-order valence-corrected chi connectivity index (χ2v) is 5.90. The van der Waals surface area contributed by atoms with E-state index >= 15 is 0 Å². The Hall–Kier alpha value is -3.05. The number of hydrogen-bond donors (Lipinski definition) is 1. The van der Waals surface area contributed by atoms with E-state index in [9.17, 15) is 5.11 Å². The molecule has 1 aliphatic rings. The topological polar surface area (TPSA) is 56.5 Å². The summed E-state index contributed by atoms with van der Waals surface area (Å²) in [6.07, 6.45) is 5.48. The van der Waals surface area contributed by atoms with Crippen LogP contribution in [0.25, 0.3) is 6.20 Å². The lowest BCUT2D eigenvalue weighted by atomic mass is 9.83. The van der Waals surface area contributed by atoms with Gasteiger partial charge in [-0.25, -0.2) is 4.98 Å². The third-order valence-electron chi connectivity index (χ3n) is 4.46. The minimum atomic E-state index is -1.26. The second kappa shape index (κ2) is 6.11. The lowest BCUT2D eigenvalue weighted by molar-refractivity contribution is 0.0783. The molecule has 0 radical (unpaired) electrons. The van der Waals surface area contributed by atoms with E-state index in [4.69, 9.17) is 9.47 Å². The molecule has 1 aromatic heterocycles. The first-order valence-electron chi connectivity index (χ1n) is 8.03. The van der Waals surface area contributed by atoms with Gasteiger partial charge < -0.3 is 19.1 Å². The van der Waals surface area contributed by atoms with E-state index in [1.165, 1.54) is 0 Å². The molecule has 0 amide bonds. The largest absolute Gasteiger partial charge is 0.454 e. The van der Waals surface area contributed by atoms with Gasteiger partial charge >= 0.3 is 0 Å². The fourth-order valence-corrected chi connectivity index (χ4v) is 3.11. The first-order chi connectivity index (χ1) is 12.2. The van der Waals surface area contributed by atoms with E-state index in [1.807, 2.05) is 54.7 Å². The van der Waals surface area contributed by atoms with Crippen LogP contribution in [0.3, 0.4) is 0 Å². The fourth-order valence-electron chi connectivity index (χ4n) is 3.11. The highest BCUT2D eigenvalue weighted by atomic mass is 16.7. The quantitative estimate of drug-likeness (QED) is 0.778. The van der Waals surface area contributed by atoms with Crippen LogP contribution in [0, 0.1) is 0 Å². The van der Waals surface area contributed by atoms with Gasteiger partial charge in [-0.2, -0.15) is 0 Å². The zero-order valence-electron chi connectivity index (χ0n) is 13.6. The molecule has 1 aliphatic heterocycles. The number of fused-ring (bicyclic) bond motifs is 1. The number of hydrogen-bond acceptors (Lipinski definition) is 4. The molecule has 4 rings (SSSR count). The summed E-state index contributed by atoms with van der Waals surface area (Å²) < 4.78 is 12.7. The van der Waals surface area contributed by atoms with Crippen LogP contribution in [-0.4, -0.2) is 21.5 Å². The lowest BCUT2D eigenvalue weighted by Gasteiger charge is -2.29. The van der Waals surface area contributed by atoms with E-state index in [0.717, 1.165) is 17.0 Å². The summed E-state index contributed by atoms with van der Waals surface area (Å²) in [6.45, 7) is 3.99. The van der Waals surface area contributed by atoms with Crippen LogP contribution in [0.2, 0.25) is 0 Å². The Morgan fingerprint density at radius 1 is 1.12 bits per heavy atom. The van der Waals surface area contributed by atoms with Crippen LogP contribution >= 0.6 is 0 Å².